The van der Waals surface area contributed by atoms with Crippen LogP contribution in [-0.4, -0.2) is 0 Å². The van der Waals surface area contributed by atoms with E-state index in [4.69, 9.17) is 5.73 Å². The van der Waals surface area contributed by atoms with Crippen LogP contribution in [0.5, 0.6) is 0 Å². The second kappa shape index (κ2) is 3.72. The molecule has 0 saturated heterocycles. The minimum absolute atomic E-state index is 0.258. The average Bonchev–Trinajstić information content (AvgIpc) is 2.86. The SMILES string of the molecule is Cc1ccsc1-c1ccc2c(c1)CCC2N. The van der Waals surface area contributed by atoms with Gasteiger partial charge in [0, 0.05) is 10.9 Å². The fourth-order valence-electron chi connectivity index (χ4n) is 2.46. The Morgan fingerprint density at radius 2 is 2.19 bits per heavy atom. The molecule has 3 rings (SSSR count). The van der Waals surface area contributed by atoms with Gasteiger partial charge in [0.1, 0.15) is 0 Å². The lowest BCUT2D eigenvalue weighted by atomic mass is 10.0. The number of hydrogen-bond acceptors (Lipinski definition) is 2. The molecule has 1 aliphatic rings. The standard InChI is InChI=1S/C14H15NS/c1-9-6-7-16-14(9)11-2-4-12-10(8-11)3-5-13(12)15/h2,4,6-8,13H,3,5,15H2,1H3. The van der Waals surface area contributed by atoms with Crippen molar-refractivity contribution >= 4 is 11.3 Å². The van der Waals surface area contributed by atoms with Gasteiger partial charge in [-0.1, -0.05) is 12.1 Å². The van der Waals surface area contributed by atoms with Gasteiger partial charge in [-0.2, -0.15) is 0 Å². The molecule has 1 aliphatic carbocycles. The third kappa shape index (κ3) is 1.49. The van der Waals surface area contributed by atoms with Gasteiger partial charge in [-0.25, -0.2) is 0 Å². The Labute approximate surface area is 99.9 Å². The lowest BCUT2D eigenvalue weighted by Crippen LogP contribution is -2.04. The van der Waals surface area contributed by atoms with Crippen molar-refractivity contribution in [2.24, 2.45) is 5.73 Å². The Morgan fingerprint density at radius 1 is 1.31 bits per heavy atom. The zero-order valence-electron chi connectivity index (χ0n) is 9.36. The summed E-state index contributed by atoms with van der Waals surface area (Å²) in [6, 6.07) is 9.18. The number of fused-ring (bicyclic) bond motifs is 1. The molecule has 1 aromatic heterocycles. The molecule has 1 atom stereocenters. The number of benzene rings is 1. The number of nitrogens with two attached hydrogens (primary N) is 1. The molecule has 0 bridgehead atoms. The van der Waals surface area contributed by atoms with Crippen LogP contribution >= 0.6 is 11.3 Å². The number of thiophene rings is 1. The van der Waals surface area contributed by atoms with Crippen molar-refractivity contribution in [3.63, 3.8) is 0 Å². The topological polar surface area (TPSA) is 26.0 Å². The molecule has 82 valence electrons. The third-order valence-corrected chi connectivity index (χ3v) is 4.46. The third-order valence-electron chi connectivity index (χ3n) is 3.39. The van der Waals surface area contributed by atoms with E-state index in [1.54, 1.807) is 0 Å². The Bertz CT molecular complexity index is 527. The van der Waals surface area contributed by atoms with Crippen LogP contribution in [0.4, 0.5) is 0 Å². The van der Waals surface area contributed by atoms with Crippen molar-refractivity contribution in [3.05, 3.63) is 46.3 Å². The van der Waals surface area contributed by atoms with Gasteiger partial charge in [0.2, 0.25) is 0 Å². The van der Waals surface area contributed by atoms with E-state index < -0.39 is 0 Å². The zero-order valence-corrected chi connectivity index (χ0v) is 10.2. The first-order chi connectivity index (χ1) is 7.75. The molecule has 0 spiro atoms. The van der Waals surface area contributed by atoms with Crippen molar-refractivity contribution in [3.8, 4) is 10.4 Å². The molecular formula is C14H15NS. The minimum Gasteiger partial charge on any atom is -0.324 e. The molecule has 1 unspecified atom stereocenters. The highest BCUT2D eigenvalue weighted by atomic mass is 32.1. The quantitative estimate of drug-likeness (QED) is 0.793. The molecule has 0 aliphatic heterocycles. The second-order valence-electron chi connectivity index (χ2n) is 4.49. The van der Waals surface area contributed by atoms with Gasteiger partial charge in [-0.05, 0) is 59.5 Å². The molecule has 16 heavy (non-hydrogen) atoms. The number of rotatable bonds is 1. The van der Waals surface area contributed by atoms with Crippen molar-refractivity contribution in [2.45, 2.75) is 25.8 Å². The summed E-state index contributed by atoms with van der Waals surface area (Å²) in [5.74, 6) is 0. The molecule has 0 radical (unpaired) electrons. The van der Waals surface area contributed by atoms with E-state index in [9.17, 15) is 0 Å². The van der Waals surface area contributed by atoms with Gasteiger partial charge >= 0.3 is 0 Å². The van der Waals surface area contributed by atoms with Crippen molar-refractivity contribution < 1.29 is 0 Å². The van der Waals surface area contributed by atoms with E-state index in [1.165, 1.54) is 27.1 Å². The molecule has 1 nitrogen and oxygen atoms in total. The van der Waals surface area contributed by atoms with Crippen LogP contribution < -0.4 is 5.73 Å². The van der Waals surface area contributed by atoms with Crippen molar-refractivity contribution in [1.29, 1.82) is 0 Å². The number of hydrogen-bond donors (Lipinski definition) is 1. The first kappa shape index (κ1) is 10.1. The Kier molecular flexibility index (Phi) is 2.34. The highest BCUT2D eigenvalue weighted by molar-refractivity contribution is 7.13. The number of aryl methyl sites for hydroxylation is 2. The smallest absolute Gasteiger partial charge is 0.0371 e. The van der Waals surface area contributed by atoms with E-state index in [2.05, 4.69) is 36.6 Å². The Balaban J connectivity index is 2.09. The van der Waals surface area contributed by atoms with Crippen LogP contribution in [0.15, 0.2) is 29.6 Å². The average molecular weight is 229 g/mol. The predicted molar refractivity (Wildman–Crippen MR) is 69.7 cm³/mol. The summed E-state index contributed by atoms with van der Waals surface area (Å²) >= 11 is 1.82. The molecule has 0 amide bonds. The molecule has 1 aromatic carbocycles. The fourth-order valence-corrected chi connectivity index (χ4v) is 3.39. The minimum atomic E-state index is 0.258. The summed E-state index contributed by atoms with van der Waals surface area (Å²) in [6.07, 6.45) is 2.23. The van der Waals surface area contributed by atoms with E-state index in [0.717, 1.165) is 12.8 Å². The maximum atomic E-state index is 6.05. The highest BCUT2D eigenvalue weighted by Crippen LogP contribution is 2.35. The van der Waals surface area contributed by atoms with Gasteiger partial charge < -0.3 is 5.73 Å². The molecule has 2 heteroatoms. The summed E-state index contributed by atoms with van der Waals surface area (Å²) < 4.78 is 0. The molecule has 1 heterocycles. The van der Waals surface area contributed by atoms with E-state index in [1.807, 2.05) is 11.3 Å². The first-order valence-electron chi connectivity index (χ1n) is 5.68. The van der Waals surface area contributed by atoms with E-state index in [0.29, 0.717) is 0 Å². The van der Waals surface area contributed by atoms with Crippen molar-refractivity contribution in [1.82, 2.24) is 0 Å². The second-order valence-corrected chi connectivity index (χ2v) is 5.41. The maximum Gasteiger partial charge on any atom is 0.0371 e. The monoisotopic (exact) mass is 229 g/mol. The summed E-state index contributed by atoms with van der Waals surface area (Å²) in [6.45, 7) is 2.17. The van der Waals surface area contributed by atoms with Crippen LogP contribution in [-0.2, 0) is 6.42 Å². The van der Waals surface area contributed by atoms with Crippen LogP contribution in [0.3, 0.4) is 0 Å². The summed E-state index contributed by atoms with van der Waals surface area (Å²) in [7, 11) is 0. The first-order valence-corrected chi connectivity index (χ1v) is 6.56. The maximum absolute atomic E-state index is 6.05. The molecule has 2 aromatic rings. The normalized spacial score (nSPS) is 18.8. The zero-order chi connectivity index (χ0) is 11.1. The molecule has 0 saturated carbocycles. The van der Waals surface area contributed by atoms with Crippen LogP contribution in [0.25, 0.3) is 10.4 Å². The van der Waals surface area contributed by atoms with E-state index >= 15 is 0 Å². The van der Waals surface area contributed by atoms with Crippen molar-refractivity contribution in [2.75, 3.05) is 0 Å². The van der Waals surface area contributed by atoms with Gasteiger partial charge in [0.25, 0.3) is 0 Å². The molecule has 2 N–H and O–H groups in total. The summed E-state index contributed by atoms with van der Waals surface area (Å²) in [4.78, 5) is 1.39. The lowest BCUT2D eigenvalue weighted by molar-refractivity contribution is 0.713. The molecule has 0 fully saturated rings. The summed E-state index contributed by atoms with van der Waals surface area (Å²) in [5.41, 5.74) is 11.6. The Morgan fingerprint density at radius 3 is 2.94 bits per heavy atom. The summed E-state index contributed by atoms with van der Waals surface area (Å²) in [5, 5.41) is 2.16. The highest BCUT2D eigenvalue weighted by Gasteiger charge is 2.19. The predicted octanol–water partition coefficient (Wildman–Crippen LogP) is 3.67. The Hall–Kier alpha value is -1.12. The van der Waals surface area contributed by atoms with Gasteiger partial charge in [0.05, 0.1) is 0 Å². The van der Waals surface area contributed by atoms with Crippen LogP contribution in [0.2, 0.25) is 0 Å². The van der Waals surface area contributed by atoms with Gasteiger partial charge in [-0.3, -0.25) is 0 Å². The van der Waals surface area contributed by atoms with Crippen LogP contribution in [0.1, 0.15) is 29.2 Å². The van der Waals surface area contributed by atoms with Gasteiger partial charge in [-0.15, -0.1) is 11.3 Å². The molecular weight excluding hydrogens is 214 g/mol. The van der Waals surface area contributed by atoms with Crippen LogP contribution in [0, 0.1) is 6.92 Å². The fraction of sp³-hybridized carbons (Fsp3) is 0.286. The van der Waals surface area contributed by atoms with E-state index in [-0.39, 0.29) is 6.04 Å². The lowest BCUT2D eigenvalue weighted by Gasteiger charge is -2.06. The van der Waals surface area contributed by atoms with Gasteiger partial charge in [0.15, 0.2) is 0 Å². The largest absolute Gasteiger partial charge is 0.324 e.